The summed E-state index contributed by atoms with van der Waals surface area (Å²) < 4.78 is 12.9. The molecule has 0 saturated carbocycles. The summed E-state index contributed by atoms with van der Waals surface area (Å²) in [7, 11) is 3.76. The van der Waals surface area contributed by atoms with Crippen molar-refractivity contribution in [1.29, 1.82) is 0 Å². The van der Waals surface area contributed by atoms with Crippen LogP contribution < -0.4 is 15.9 Å². The van der Waals surface area contributed by atoms with E-state index < -0.39 is 5.92 Å². The highest BCUT2D eigenvalue weighted by atomic mass is 16.5. The Balaban J connectivity index is 1.79. The third-order valence-electron chi connectivity index (χ3n) is 7.36. The first-order valence-corrected chi connectivity index (χ1v) is 13.1. The number of nitrogens with zero attached hydrogens (tertiary/aromatic N) is 4. The molecule has 0 N–H and O–H groups in total. The van der Waals surface area contributed by atoms with E-state index in [1.807, 2.05) is 136 Å². The number of hydrogen-bond donors (Lipinski definition) is 0. The highest BCUT2D eigenvalue weighted by Crippen LogP contribution is 2.34. The Morgan fingerprint density at radius 2 is 1.03 bits per heavy atom. The first-order valence-electron chi connectivity index (χ1n) is 13.1. The van der Waals surface area contributed by atoms with E-state index >= 15 is 0 Å². The molecule has 0 fully saturated rings. The van der Waals surface area contributed by atoms with Crippen LogP contribution in [-0.2, 0) is 14.1 Å². The van der Waals surface area contributed by atoms with E-state index in [0.29, 0.717) is 11.1 Å². The van der Waals surface area contributed by atoms with Crippen LogP contribution in [0.2, 0.25) is 0 Å². The summed E-state index contributed by atoms with van der Waals surface area (Å²) in [5, 5.41) is 0. The number of benzene rings is 3. The van der Waals surface area contributed by atoms with Crippen molar-refractivity contribution in [1.82, 2.24) is 18.7 Å². The molecule has 5 rings (SSSR count). The minimum Gasteiger partial charge on any atom is -0.491 e. The minimum absolute atomic E-state index is 0.0375. The Kier molecular flexibility index (Phi) is 6.91. The molecule has 0 radical (unpaired) electrons. The molecule has 0 aliphatic carbocycles. The summed E-state index contributed by atoms with van der Waals surface area (Å²) in [6.45, 7) is 7.84. The number of aromatic nitrogens is 4. The third kappa shape index (κ3) is 4.54. The average molecular weight is 523 g/mol. The van der Waals surface area contributed by atoms with Gasteiger partial charge in [0.25, 0.3) is 11.1 Å². The summed E-state index contributed by atoms with van der Waals surface area (Å²) >= 11 is 0. The molecule has 3 aromatic carbocycles. The molecular weight excluding hydrogens is 488 g/mol. The minimum atomic E-state index is -0.578. The first-order chi connectivity index (χ1) is 18.7. The van der Waals surface area contributed by atoms with E-state index in [1.165, 1.54) is 0 Å². The maximum Gasteiger partial charge on any atom is 0.275 e. The van der Waals surface area contributed by atoms with Gasteiger partial charge >= 0.3 is 0 Å². The smallest absolute Gasteiger partial charge is 0.275 e. The Morgan fingerprint density at radius 1 is 0.615 bits per heavy atom. The largest absolute Gasteiger partial charge is 0.491 e. The Morgan fingerprint density at radius 3 is 1.41 bits per heavy atom. The molecule has 7 heteroatoms. The van der Waals surface area contributed by atoms with Gasteiger partial charge in [0.15, 0.2) is 0 Å². The fourth-order valence-corrected chi connectivity index (χ4v) is 5.33. The van der Waals surface area contributed by atoms with E-state index in [9.17, 15) is 9.59 Å². The number of hydrogen-bond acceptors (Lipinski definition) is 3. The third-order valence-corrected chi connectivity index (χ3v) is 7.36. The Hall–Kier alpha value is -4.52. The van der Waals surface area contributed by atoms with Crippen LogP contribution in [0, 0.1) is 13.8 Å². The lowest BCUT2D eigenvalue weighted by Crippen LogP contribution is -2.26. The molecule has 0 atom stereocenters. The fourth-order valence-electron chi connectivity index (χ4n) is 5.33. The highest BCUT2D eigenvalue weighted by Gasteiger charge is 2.32. The maximum atomic E-state index is 14.2. The van der Waals surface area contributed by atoms with Crippen LogP contribution in [0.1, 0.15) is 47.8 Å². The normalized spacial score (nSPS) is 11.5. The second-order valence-corrected chi connectivity index (χ2v) is 10.1. The molecular formula is C32H34N4O3. The van der Waals surface area contributed by atoms with Gasteiger partial charge in [-0.15, -0.1) is 0 Å². The van der Waals surface area contributed by atoms with Crippen molar-refractivity contribution in [2.75, 3.05) is 0 Å². The topological polar surface area (TPSA) is 63.1 Å². The predicted octanol–water partition coefficient (Wildman–Crippen LogP) is 5.25. The molecule has 0 amide bonds. The summed E-state index contributed by atoms with van der Waals surface area (Å²) in [6.07, 6.45) is 0.0375. The van der Waals surface area contributed by atoms with E-state index in [0.717, 1.165) is 34.1 Å². The van der Waals surface area contributed by atoms with Gasteiger partial charge in [-0.2, -0.15) is 0 Å². The molecule has 39 heavy (non-hydrogen) atoms. The number of para-hydroxylation sites is 2. The molecule has 2 aromatic heterocycles. The summed E-state index contributed by atoms with van der Waals surface area (Å²) in [6, 6.07) is 26.9. The molecule has 5 aromatic rings. The van der Waals surface area contributed by atoms with E-state index in [4.69, 9.17) is 4.74 Å². The van der Waals surface area contributed by atoms with Crippen LogP contribution in [0.5, 0.6) is 5.75 Å². The molecule has 0 bridgehead atoms. The van der Waals surface area contributed by atoms with Gasteiger partial charge in [-0.25, -0.2) is 9.36 Å². The van der Waals surface area contributed by atoms with Crippen LogP contribution in [0.25, 0.3) is 11.4 Å². The van der Waals surface area contributed by atoms with Gasteiger partial charge in [0, 0.05) is 31.4 Å². The Bertz CT molecular complexity index is 1620. The van der Waals surface area contributed by atoms with Gasteiger partial charge in [0.05, 0.1) is 28.6 Å². The zero-order valence-corrected chi connectivity index (χ0v) is 23.3. The average Bonchev–Trinajstić information content (AvgIpc) is 3.28. The van der Waals surface area contributed by atoms with Crippen molar-refractivity contribution in [3.63, 3.8) is 0 Å². The van der Waals surface area contributed by atoms with Gasteiger partial charge in [-0.05, 0) is 69.7 Å². The van der Waals surface area contributed by atoms with Crippen molar-refractivity contribution in [3.8, 4) is 17.1 Å². The summed E-state index contributed by atoms with van der Waals surface area (Å²) in [5.41, 5.74) is 4.83. The van der Waals surface area contributed by atoms with Crippen LogP contribution in [0.15, 0.2) is 94.5 Å². The van der Waals surface area contributed by atoms with Crippen LogP contribution in [-0.4, -0.2) is 24.8 Å². The predicted molar refractivity (Wildman–Crippen MR) is 155 cm³/mol. The van der Waals surface area contributed by atoms with Crippen molar-refractivity contribution in [2.24, 2.45) is 14.1 Å². The van der Waals surface area contributed by atoms with Crippen LogP contribution in [0.3, 0.4) is 0 Å². The van der Waals surface area contributed by atoms with E-state index in [-0.39, 0.29) is 17.2 Å². The van der Waals surface area contributed by atoms with Crippen molar-refractivity contribution >= 4 is 0 Å². The molecule has 0 unspecified atom stereocenters. The Labute approximate surface area is 228 Å². The molecule has 7 nitrogen and oxygen atoms in total. The lowest BCUT2D eigenvalue weighted by molar-refractivity contribution is 0.242. The van der Waals surface area contributed by atoms with Gasteiger partial charge < -0.3 is 4.74 Å². The standard InChI is InChI=1S/C32H34N4O3/c1-21(2)39-27-19-17-24(18-20-27)30(28-22(3)33(5)35(31(28)37)25-13-9-7-10-14-25)29-23(4)34(6)36(32(29)38)26-15-11-8-12-16-26/h7-21,30H,1-6H3. The van der Waals surface area contributed by atoms with Gasteiger partial charge in [0.2, 0.25) is 0 Å². The quantitative estimate of drug-likeness (QED) is 0.293. The molecule has 200 valence electrons. The second kappa shape index (κ2) is 10.3. The van der Waals surface area contributed by atoms with Crippen LogP contribution in [0.4, 0.5) is 0 Å². The number of rotatable bonds is 7. The lowest BCUT2D eigenvalue weighted by atomic mass is 9.85. The van der Waals surface area contributed by atoms with E-state index in [2.05, 4.69) is 0 Å². The summed E-state index contributed by atoms with van der Waals surface area (Å²) in [4.78, 5) is 28.4. The molecule has 0 saturated heterocycles. The first kappa shape index (κ1) is 26.1. The number of ether oxygens (including phenoxy) is 1. The van der Waals surface area contributed by atoms with Gasteiger partial charge in [-0.3, -0.25) is 19.0 Å². The van der Waals surface area contributed by atoms with Crippen LogP contribution >= 0.6 is 0 Å². The van der Waals surface area contributed by atoms with Gasteiger partial charge in [-0.1, -0.05) is 48.5 Å². The van der Waals surface area contributed by atoms with Gasteiger partial charge in [0.1, 0.15) is 5.75 Å². The molecule has 2 heterocycles. The van der Waals surface area contributed by atoms with Crippen molar-refractivity contribution in [3.05, 3.63) is 134 Å². The fraction of sp³-hybridized carbons (Fsp3) is 0.250. The second-order valence-electron chi connectivity index (χ2n) is 10.1. The molecule has 0 aliphatic heterocycles. The maximum absolute atomic E-state index is 14.2. The summed E-state index contributed by atoms with van der Waals surface area (Å²) in [5.74, 6) is 0.163. The highest BCUT2D eigenvalue weighted by molar-refractivity contribution is 5.49. The SMILES string of the molecule is Cc1c(C(c2ccc(OC(C)C)cc2)c2c(C)n(C)n(-c3ccccc3)c2=O)c(=O)n(-c2ccccc2)n1C. The van der Waals surface area contributed by atoms with E-state index in [1.54, 1.807) is 9.36 Å². The molecule has 0 aliphatic rings. The lowest BCUT2D eigenvalue weighted by Gasteiger charge is -2.17. The zero-order chi connectivity index (χ0) is 27.8. The monoisotopic (exact) mass is 522 g/mol. The van der Waals surface area contributed by atoms with Crippen molar-refractivity contribution in [2.45, 2.75) is 39.7 Å². The van der Waals surface area contributed by atoms with Crippen molar-refractivity contribution < 1.29 is 4.74 Å². The molecule has 0 spiro atoms. The zero-order valence-electron chi connectivity index (χ0n) is 23.3.